The van der Waals surface area contributed by atoms with Gasteiger partial charge in [-0.05, 0) is 145 Å². The Balaban J connectivity index is 1.43. The molecule has 0 bridgehead atoms. The van der Waals surface area contributed by atoms with Crippen LogP contribution < -0.4 is 28.4 Å². The van der Waals surface area contributed by atoms with Gasteiger partial charge in [0, 0.05) is 22.8 Å². The number of allylic oxidation sites excluding steroid dienone is 3. The predicted molar refractivity (Wildman–Crippen MR) is 348 cm³/mol. The molecule has 6 aromatic rings. The largest absolute Gasteiger partial charge is 0.497 e. The third kappa shape index (κ3) is 19.2. The summed E-state index contributed by atoms with van der Waals surface area (Å²) in [5.41, 5.74) is 10.9. The number of nitrogens with zero attached hydrogens (tertiary/aromatic N) is 1. The van der Waals surface area contributed by atoms with Gasteiger partial charge in [0.05, 0.1) is 73.4 Å². The predicted octanol–water partition coefficient (Wildman–Crippen LogP) is 20.5. The molecule has 1 aliphatic heterocycles. The van der Waals surface area contributed by atoms with Crippen LogP contribution in [0, 0.1) is 0 Å². The summed E-state index contributed by atoms with van der Waals surface area (Å²) in [4.78, 5) is 9.57. The van der Waals surface area contributed by atoms with E-state index in [0.29, 0.717) is 13.2 Å². The van der Waals surface area contributed by atoms with E-state index in [0.717, 1.165) is 136 Å². The number of halogens is 2. The number of ether oxygens (including phenoxy) is 6. The average Bonchev–Trinajstić information content (AvgIpc) is 4.06. The quantitative estimate of drug-likeness (QED) is 0.0405. The number of H-pyrrole nitrogens is 1. The molecule has 8 nitrogen and oxygen atoms in total. The van der Waals surface area contributed by atoms with Crippen molar-refractivity contribution in [3.05, 3.63) is 192 Å². The zero-order valence-electron chi connectivity index (χ0n) is 48.5. The summed E-state index contributed by atoms with van der Waals surface area (Å²) in [7, 11) is 6.74. The minimum absolute atomic E-state index is 0.603. The molecule has 0 atom stereocenters. The van der Waals surface area contributed by atoms with Gasteiger partial charge in [-0.3, -0.25) is 0 Å². The molecule has 426 valence electrons. The van der Waals surface area contributed by atoms with Crippen molar-refractivity contribution in [1.82, 2.24) is 4.98 Å². The van der Waals surface area contributed by atoms with Crippen LogP contribution in [0.15, 0.2) is 153 Å². The number of methoxy groups -OCH3 is 4. The van der Waals surface area contributed by atoms with Crippen molar-refractivity contribution in [3.8, 4) is 34.5 Å². The minimum Gasteiger partial charge on any atom is -0.497 e. The zero-order valence-corrected chi connectivity index (χ0v) is 51.6. The van der Waals surface area contributed by atoms with E-state index in [-0.39, 0.29) is 0 Å². The molecule has 1 aliphatic rings. The van der Waals surface area contributed by atoms with E-state index >= 15 is 0 Å². The van der Waals surface area contributed by atoms with E-state index < -0.39 is 0 Å². The third-order valence-electron chi connectivity index (χ3n) is 14.4. The molecule has 0 amide bonds. The molecule has 0 spiro atoms. The number of aromatic amines is 1. The maximum Gasteiger partial charge on any atom is 0.123 e. The molecule has 0 unspecified atom stereocenters. The summed E-state index contributed by atoms with van der Waals surface area (Å²) in [6.45, 7) is 5.75. The summed E-state index contributed by atoms with van der Waals surface area (Å²) in [5.74, 6) is 4.68. The van der Waals surface area contributed by atoms with Crippen molar-refractivity contribution in [1.29, 1.82) is 0 Å². The second-order valence-corrected chi connectivity index (χ2v) is 21.9. The third-order valence-corrected chi connectivity index (χ3v) is 16.1. The molecule has 0 aliphatic carbocycles. The number of rotatable bonds is 34. The van der Waals surface area contributed by atoms with Crippen LogP contribution in [0.4, 0.5) is 0 Å². The first-order valence-corrected chi connectivity index (χ1v) is 30.7. The Kier molecular flexibility index (Phi) is 25.9. The first kappa shape index (κ1) is 61.9. The number of benzene rings is 5. The van der Waals surface area contributed by atoms with Gasteiger partial charge in [0.15, 0.2) is 0 Å². The number of aliphatic imine (C=N–C) groups is 1. The molecule has 1 aromatic heterocycles. The Labute approximate surface area is 500 Å². The molecule has 1 N–H and O–H groups in total. The lowest BCUT2D eigenvalue weighted by molar-refractivity contribution is 0.289. The first-order chi connectivity index (χ1) is 39.7. The highest BCUT2D eigenvalue weighted by molar-refractivity contribution is 9.12. The summed E-state index contributed by atoms with van der Waals surface area (Å²) >= 11 is 8.27. The van der Waals surface area contributed by atoms with Gasteiger partial charge in [0.2, 0.25) is 0 Å². The van der Waals surface area contributed by atoms with Crippen LogP contribution in [0.25, 0.3) is 42.0 Å². The van der Waals surface area contributed by atoms with Crippen LogP contribution in [0.5, 0.6) is 34.5 Å². The van der Waals surface area contributed by atoms with Crippen LogP contribution >= 0.6 is 31.9 Å². The van der Waals surface area contributed by atoms with Gasteiger partial charge in [0.1, 0.15) is 34.5 Å². The Hall–Kier alpha value is -6.75. The van der Waals surface area contributed by atoms with Gasteiger partial charge in [-0.25, -0.2) is 4.99 Å². The SMILES string of the molecule is CCCCCCCCCCOc1cc(OCCCCCCCCCC)cc(/C(=C2N=C(/C=C/c3ccc(OC)cc3)C(Br)=C/2/C=C/c2ccc(OC)cc2)c2[nH]c(/C=C/c3ccc(OC)cc3)c(Br)c2/C=C/c2ccc(OC)cc2)c1. The van der Waals surface area contributed by atoms with Crippen LogP contribution in [0.3, 0.4) is 0 Å². The van der Waals surface area contributed by atoms with Gasteiger partial charge >= 0.3 is 0 Å². The summed E-state index contributed by atoms with van der Waals surface area (Å²) in [5, 5.41) is 0. The molecule has 0 saturated heterocycles. The molecule has 0 fully saturated rings. The van der Waals surface area contributed by atoms with E-state index in [1.807, 2.05) is 60.7 Å². The molecular weight excluding hydrogens is 1140 g/mol. The Morgan fingerprint density at radius 2 is 0.815 bits per heavy atom. The lowest BCUT2D eigenvalue weighted by Crippen LogP contribution is -2.03. The number of hydrogen-bond donors (Lipinski definition) is 1. The molecule has 0 saturated carbocycles. The minimum atomic E-state index is 0.603. The van der Waals surface area contributed by atoms with Crippen molar-refractivity contribution in [2.75, 3.05) is 41.7 Å². The second-order valence-electron chi connectivity index (χ2n) is 20.4. The summed E-state index contributed by atoms with van der Waals surface area (Å²) in [6, 6.07) is 38.6. The second kappa shape index (κ2) is 33.9. The highest BCUT2D eigenvalue weighted by Crippen LogP contribution is 2.44. The number of hydrogen-bond acceptors (Lipinski definition) is 7. The average molecular weight is 1220 g/mol. The number of unbranched alkanes of at least 4 members (excludes halogenated alkanes) is 14. The fourth-order valence-electron chi connectivity index (χ4n) is 9.61. The molecule has 5 aromatic carbocycles. The maximum atomic E-state index is 6.79. The monoisotopic (exact) mass is 1220 g/mol. The van der Waals surface area contributed by atoms with Crippen molar-refractivity contribution in [3.63, 3.8) is 0 Å². The Morgan fingerprint density at radius 3 is 1.23 bits per heavy atom. The van der Waals surface area contributed by atoms with E-state index in [1.165, 1.54) is 77.0 Å². The number of nitrogens with one attached hydrogen (secondary N) is 1. The zero-order chi connectivity index (χ0) is 57.0. The summed E-state index contributed by atoms with van der Waals surface area (Å²) < 4.78 is 37.4. The van der Waals surface area contributed by atoms with Crippen LogP contribution in [0.1, 0.15) is 161 Å². The van der Waals surface area contributed by atoms with E-state index in [4.69, 9.17) is 33.4 Å². The van der Waals surface area contributed by atoms with Gasteiger partial charge in [-0.1, -0.05) is 189 Å². The first-order valence-electron chi connectivity index (χ1n) is 29.1. The van der Waals surface area contributed by atoms with Gasteiger partial charge in [0.25, 0.3) is 0 Å². The van der Waals surface area contributed by atoms with E-state index in [9.17, 15) is 0 Å². The Bertz CT molecular complexity index is 3070. The number of aromatic nitrogens is 1. The molecule has 2 heterocycles. The van der Waals surface area contributed by atoms with Gasteiger partial charge in [-0.2, -0.15) is 0 Å². The van der Waals surface area contributed by atoms with E-state index in [1.54, 1.807) is 28.4 Å². The molecular formula is C71H82Br2N2O6. The molecule has 0 radical (unpaired) electrons. The van der Waals surface area contributed by atoms with Crippen LogP contribution in [-0.2, 0) is 0 Å². The molecule has 81 heavy (non-hydrogen) atoms. The van der Waals surface area contributed by atoms with Crippen molar-refractivity contribution in [2.45, 2.75) is 117 Å². The molecule has 10 heteroatoms. The highest BCUT2D eigenvalue weighted by atomic mass is 79.9. The lowest BCUT2D eigenvalue weighted by atomic mass is 9.94. The van der Waals surface area contributed by atoms with Gasteiger partial charge < -0.3 is 33.4 Å². The van der Waals surface area contributed by atoms with Crippen molar-refractivity contribution in [2.24, 2.45) is 4.99 Å². The fourth-order valence-corrected chi connectivity index (χ4v) is 10.7. The van der Waals surface area contributed by atoms with Crippen LogP contribution in [0.2, 0.25) is 0 Å². The fraction of sp³-hybridized carbons (Fsp3) is 0.338. The highest BCUT2D eigenvalue weighted by Gasteiger charge is 2.28. The van der Waals surface area contributed by atoms with Crippen molar-refractivity contribution >= 4 is 79.6 Å². The topological polar surface area (TPSA) is 83.5 Å². The van der Waals surface area contributed by atoms with Crippen LogP contribution in [-0.4, -0.2) is 52.3 Å². The Morgan fingerprint density at radius 1 is 0.432 bits per heavy atom. The van der Waals surface area contributed by atoms with E-state index in [2.05, 4.69) is 154 Å². The maximum absolute atomic E-state index is 6.79. The smallest absolute Gasteiger partial charge is 0.123 e. The molecule has 7 rings (SSSR count). The lowest BCUT2D eigenvalue weighted by Gasteiger charge is -2.17. The van der Waals surface area contributed by atoms with Crippen molar-refractivity contribution < 1.29 is 28.4 Å². The summed E-state index contributed by atoms with van der Waals surface area (Å²) in [6.07, 6.45) is 36.4. The standard InChI is InChI=1S/C71H82Br2N2O6/c1-7-9-11-13-15-17-19-21-47-80-61-49-56(50-62(51-61)81-48-22-20-18-16-14-12-10-8-2)67(70-63(43-31-52-23-35-57(76-3)36-24-52)68(72)65(74-70)45-33-54-27-39-59(78-5)40-28-54)71-64(44-32-53-25-37-58(77-4)38-26-53)69(73)66(75-71)46-34-55-29-41-60(79-6)42-30-55/h23-46,49-51,74H,7-22,47-48H2,1-6H3/b43-31+,44-32+,45-33+,46-34+,71-67-. The van der Waals surface area contributed by atoms with Gasteiger partial charge in [-0.15, -0.1) is 0 Å². The normalized spacial score (nSPS) is 13.3.